The Hall–Kier alpha value is -0.400. The number of nitrogens with one attached hydrogen (secondary N) is 1. The van der Waals surface area contributed by atoms with Crippen molar-refractivity contribution < 1.29 is 9.53 Å². The molecule has 2 saturated heterocycles. The summed E-state index contributed by atoms with van der Waals surface area (Å²) in [5.74, 6) is 2.52. The second-order valence-corrected chi connectivity index (χ2v) is 8.39. The lowest BCUT2D eigenvalue weighted by Crippen LogP contribution is -2.44. The van der Waals surface area contributed by atoms with Crippen LogP contribution in [-0.2, 0) is 9.53 Å². The van der Waals surface area contributed by atoms with Crippen LogP contribution in [0.2, 0.25) is 0 Å². The zero-order chi connectivity index (χ0) is 15.4. The number of hydrogen-bond donors (Lipinski definition) is 2. The fourth-order valence-electron chi connectivity index (χ4n) is 2.83. The predicted molar refractivity (Wildman–Crippen MR) is 101 cm³/mol. The molecule has 0 saturated carbocycles. The Morgan fingerprint density at radius 3 is 2.65 bits per heavy atom. The Bertz CT molecular complexity index is 521. The van der Waals surface area contributed by atoms with Crippen molar-refractivity contribution in [2.24, 2.45) is 11.7 Å². The largest absolute Gasteiger partial charge is 0.381 e. The molecule has 0 radical (unpaired) electrons. The van der Waals surface area contributed by atoms with E-state index in [1.165, 1.54) is 17.1 Å². The van der Waals surface area contributed by atoms with Crippen molar-refractivity contribution in [2.75, 3.05) is 30.0 Å². The normalized spacial score (nSPS) is 20.7. The van der Waals surface area contributed by atoms with E-state index in [0.29, 0.717) is 17.8 Å². The maximum absolute atomic E-state index is 12.4. The summed E-state index contributed by atoms with van der Waals surface area (Å²) in [4.78, 5) is 12.4. The number of rotatable bonds is 4. The van der Waals surface area contributed by atoms with E-state index in [4.69, 9.17) is 10.5 Å². The summed E-state index contributed by atoms with van der Waals surface area (Å²) < 4.78 is 5.82. The van der Waals surface area contributed by atoms with Crippen molar-refractivity contribution in [1.29, 1.82) is 0 Å². The summed E-state index contributed by atoms with van der Waals surface area (Å²) in [6.45, 7) is 1.41. The van der Waals surface area contributed by atoms with Gasteiger partial charge < -0.3 is 15.8 Å². The second kappa shape index (κ2) is 9.18. The van der Waals surface area contributed by atoms with E-state index < -0.39 is 6.04 Å². The third kappa shape index (κ3) is 5.03. The molecule has 23 heavy (non-hydrogen) atoms. The van der Waals surface area contributed by atoms with Crippen LogP contribution >= 0.6 is 35.9 Å². The average molecular weight is 375 g/mol. The molecule has 1 aromatic carbocycles. The number of amides is 1. The molecule has 2 aliphatic rings. The van der Waals surface area contributed by atoms with Gasteiger partial charge in [0.25, 0.3) is 0 Å². The first-order valence-corrected chi connectivity index (χ1v) is 9.81. The standard InChI is InChI=1S/C16H22N2O2S2.ClH/c17-14(11-4-6-20-7-5-11)15(19)18-13-3-1-2-12(10-13)16-21-8-9-22-16;/h1-3,10-11,14,16H,4-9,17H2,(H,18,19);1H. The van der Waals surface area contributed by atoms with E-state index in [2.05, 4.69) is 17.4 Å². The molecule has 0 spiro atoms. The molecule has 4 nitrogen and oxygen atoms in total. The number of carbonyl (C=O) groups excluding carboxylic acids is 1. The Balaban J connectivity index is 0.00000192. The lowest BCUT2D eigenvalue weighted by molar-refractivity contribution is -0.119. The van der Waals surface area contributed by atoms with E-state index >= 15 is 0 Å². The highest BCUT2D eigenvalue weighted by Crippen LogP contribution is 2.45. The predicted octanol–water partition coefficient (Wildman–Crippen LogP) is 3.28. The quantitative estimate of drug-likeness (QED) is 0.846. The van der Waals surface area contributed by atoms with Crippen LogP contribution in [0, 0.1) is 5.92 Å². The van der Waals surface area contributed by atoms with Gasteiger partial charge in [0.2, 0.25) is 5.91 Å². The Morgan fingerprint density at radius 1 is 1.26 bits per heavy atom. The maximum Gasteiger partial charge on any atom is 0.241 e. The molecular formula is C16H23ClN2O2S2. The minimum Gasteiger partial charge on any atom is -0.381 e. The van der Waals surface area contributed by atoms with E-state index in [-0.39, 0.29) is 24.2 Å². The Kier molecular flexibility index (Phi) is 7.56. The molecule has 3 N–H and O–H groups in total. The van der Waals surface area contributed by atoms with E-state index in [1.807, 2.05) is 35.7 Å². The summed E-state index contributed by atoms with van der Waals surface area (Å²) in [6.07, 6.45) is 1.73. The van der Waals surface area contributed by atoms with Crippen LogP contribution in [0.1, 0.15) is 23.0 Å². The Morgan fingerprint density at radius 2 is 1.96 bits per heavy atom. The highest BCUT2D eigenvalue weighted by atomic mass is 35.5. The topological polar surface area (TPSA) is 64.4 Å². The number of benzene rings is 1. The molecule has 128 valence electrons. The van der Waals surface area contributed by atoms with E-state index in [0.717, 1.165) is 18.5 Å². The molecule has 1 amide bonds. The van der Waals surface area contributed by atoms with Gasteiger partial charge in [-0.3, -0.25) is 4.79 Å². The van der Waals surface area contributed by atoms with Gasteiger partial charge in [0.05, 0.1) is 10.6 Å². The monoisotopic (exact) mass is 374 g/mol. The minimum atomic E-state index is -0.456. The van der Waals surface area contributed by atoms with Crippen molar-refractivity contribution in [1.82, 2.24) is 0 Å². The molecule has 2 aliphatic heterocycles. The van der Waals surface area contributed by atoms with Crippen molar-refractivity contribution in [3.05, 3.63) is 29.8 Å². The molecule has 1 unspecified atom stereocenters. The molecule has 1 aromatic rings. The number of thioether (sulfide) groups is 2. The zero-order valence-corrected chi connectivity index (χ0v) is 15.4. The number of hydrogen-bond acceptors (Lipinski definition) is 5. The van der Waals surface area contributed by atoms with Gasteiger partial charge in [-0.05, 0) is 36.5 Å². The molecule has 3 rings (SSSR count). The third-order valence-corrected chi connectivity index (χ3v) is 7.23. The summed E-state index contributed by atoms with van der Waals surface area (Å²) in [5.41, 5.74) is 8.24. The van der Waals surface area contributed by atoms with Crippen LogP contribution in [0.25, 0.3) is 0 Å². The van der Waals surface area contributed by atoms with Crippen molar-refractivity contribution >= 4 is 47.5 Å². The SMILES string of the molecule is Cl.NC(C(=O)Nc1cccc(C2SCCS2)c1)C1CCOCC1. The first-order valence-electron chi connectivity index (χ1n) is 7.71. The number of halogens is 1. The molecule has 2 fully saturated rings. The van der Waals surface area contributed by atoms with Gasteiger partial charge in [-0.15, -0.1) is 35.9 Å². The first kappa shape index (κ1) is 18.9. The van der Waals surface area contributed by atoms with Crippen LogP contribution < -0.4 is 11.1 Å². The van der Waals surface area contributed by atoms with Crippen LogP contribution in [-0.4, -0.2) is 36.7 Å². The van der Waals surface area contributed by atoms with Crippen LogP contribution in [0.15, 0.2) is 24.3 Å². The fourth-order valence-corrected chi connectivity index (χ4v) is 5.67. The van der Waals surface area contributed by atoms with Crippen LogP contribution in [0.3, 0.4) is 0 Å². The summed E-state index contributed by atoms with van der Waals surface area (Å²) in [5, 5.41) is 2.98. The number of carbonyl (C=O) groups is 1. The van der Waals surface area contributed by atoms with Gasteiger partial charge in [0.1, 0.15) is 0 Å². The minimum absolute atomic E-state index is 0. The summed E-state index contributed by atoms with van der Waals surface area (Å²) in [6, 6.07) is 7.68. The molecule has 2 heterocycles. The first-order chi connectivity index (χ1) is 10.7. The van der Waals surface area contributed by atoms with Gasteiger partial charge in [0.15, 0.2) is 0 Å². The molecule has 0 aromatic heterocycles. The third-order valence-electron chi connectivity index (χ3n) is 4.12. The molecule has 7 heteroatoms. The summed E-state index contributed by atoms with van der Waals surface area (Å²) >= 11 is 3.93. The van der Waals surface area contributed by atoms with Gasteiger partial charge in [-0.25, -0.2) is 0 Å². The van der Waals surface area contributed by atoms with Gasteiger partial charge in [-0.1, -0.05) is 12.1 Å². The molecular weight excluding hydrogens is 352 g/mol. The highest BCUT2D eigenvalue weighted by molar-refractivity contribution is 8.19. The van der Waals surface area contributed by atoms with Gasteiger partial charge in [-0.2, -0.15) is 0 Å². The summed E-state index contributed by atoms with van der Waals surface area (Å²) in [7, 11) is 0. The average Bonchev–Trinajstić information content (AvgIpc) is 3.10. The Labute approximate surface area is 152 Å². The van der Waals surface area contributed by atoms with Crippen LogP contribution in [0.4, 0.5) is 5.69 Å². The highest BCUT2D eigenvalue weighted by Gasteiger charge is 2.26. The maximum atomic E-state index is 12.4. The number of nitrogens with two attached hydrogens (primary N) is 1. The molecule has 0 aliphatic carbocycles. The zero-order valence-electron chi connectivity index (χ0n) is 12.9. The van der Waals surface area contributed by atoms with Crippen LogP contribution in [0.5, 0.6) is 0 Å². The molecule has 1 atom stereocenters. The second-order valence-electron chi connectivity index (χ2n) is 5.66. The van der Waals surface area contributed by atoms with Gasteiger partial charge in [0, 0.05) is 30.4 Å². The van der Waals surface area contributed by atoms with Crippen molar-refractivity contribution in [2.45, 2.75) is 23.5 Å². The van der Waals surface area contributed by atoms with E-state index in [9.17, 15) is 4.79 Å². The smallest absolute Gasteiger partial charge is 0.241 e. The fraction of sp³-hybridized carbons (Fsp3) is 0.562. The van der Waals surface area contributed by atoms with Gasteiger partial charge >= 0.3 is 0 Å². The van der Waals surface area contributed by atoms with Crippen molar-refractivity contribution in [3.63, 3.8) is 0 Å². The van der Waals surface area contributed by atoms with E-state index in [1.54, 1.807) is 0 Å². The van der Waals surface area contributed by atoms with Crippen molar-refractivity contribution in [3.8, 4) is 0 Å². The molecule has 0 bridgehead atoms. The lowest BCUT2D eigenvalue weighted by Gasteiger charge is -2.26. The number of ether oxygens (including phenoxy) is 1. The number of anilines is 1. The lowest BCUT2D eigenvalue weighted by atomic mass is 9.92.